The van der Waals surface area contributed by atoms with Crippen LogP contribution in [0.1, 0.15) is 70.7 Å². The number of nitrogens with zero attached hydrogens (tertiary/aromatic N) is 3. The highest BCUT2D eigenvalue weighted by atomic mass is 15.1. The Kier molecular flexibility index (Phi) is 3.42. The van der Waals surface area contributed by atoms with Gasteiger partial charge in [0.25, 0.3) is 0 Å². The Labute approximate surface area is 109 Å². The first-order chi connectivity index (χ1) is 8.41. The van der Waals surface area contributed by atoms with E-state index in [1.54, 1.807) is 0 Å². The van der Waals surface area contributed by atoms with E-state index in [1.807, 2.05) is 6.20 Å². The van der Waals surface area contributed by atoms with Crippen LogP contribution in [0.3, 0.4) is 0 Å². The lowest BCUT2D eigenvalue weighted by Crippen LogP contribution is -2.01. The maximum absolute atomic E-state index is 4.82. The van der Waals surface area contributed by atoms with Crippen molar-refractivity contribution >= 4 is 11.2 Å². The minimum Gasteiger partial charge on any atom is -0.328 e. The summed E-state index contributed by atoms with van der Waals surface area (Å²) in [5.74, 6) is 0.897. The smallest absolute Gasteiger partial charge is 0.159 e. The van der Waals surface area contributed by atoms with E-state index >= 15 is 0 Å². The normalized spacial score (nSPS) is 12.3. The molecule has 2 heterocycles. The summed E-state index contributed by atoms with van der Waals surface area (Å²) in [6.45, 7) is 13.1. The van der Waals surface area contributed by atoms with Crippen molar-refractivity contribution in [3.63, 3.8) is 0 Å². The van der Waals surface area contributed by atoms with Gasteiger partial charge in [-0.3, -0.25) is 0 Å². The zero-order valence-electron chi connectivity index (χ0n) is 12.2. The molecule has 3 nitrogen and oxygen atoms in total. The Bertz CT molecular complexity index is 550. The number of aromatic nitrogens is 3. The van der Waals surface area contributed by atoms with E-state index in [0.717, 1.165) is 16.9 Å². The van der Waals surface area contributed by atoms with Crippen molar-refractivity contribution < 1.29 is 0 Å². The molecular formula is C15H23N3. The summed E-state index contributed by atoms with van der Waals surface area (Å²) < 4.78 is 2.22. The minimum absolute atomic E-state index is 0.416. The van der Waals surface area contributed by atoms with Crippen LogP contribution in [0.5, 0.6) is 0 Å². The molecule has 0 aliphatic heterocycles. The molecule has 0 spiro atoms. The standard InChI is InChI=1S/C15H23N3/c1-9(2)12-8-18(11(5)6)15-14(12)17-13(7-16-15)10(3)4/h7-11H,1-6H3. The van der Waals surface area contributed by atoms with E-state index < -0.39 is 0 Å². The Hall–Kier alpha value is -1.38. The predicted octanol–water partition coefficient (Wildman–Crippen LogP) is 4.26. The molecule has 0 atom stereocenters. The third kappa shape index (κ3) is 2.14. The van der Waals surface area contributed by atoms with Gasteiger partial charge in [0.05, 0.1) is 11.9 Å². The zero-order chi connectivity index (χ0) is 13.4. The highest BCUT2D eigenvalue weighted by molar-refractivity contribution is 5.76. The van der Waals surface area contributed by atoms with Crippen LogP contribution in [-0.4, -0.2) is 14.5 Å². The van der Waals surface area contributed by atoms with Crippen LogP contribution in [0.25, 0.3) is 11.2 Å². The summed E-state index contributed by atoms with van der Waals surface area (Å²) in [6.07, 6.45) is 4.13. The van der Waals surface area contributed by atoms with Crippen LogP contribution in [0.2, 0.25) is 0 Å². The molecule has 0 unspecified atom stereocenters. The van der Waals surface area contributed by atoms with Crippen molar-refractivity contribution in [2.24, 2.45) is 0 Å². The average molecular weight is 245 g/mol. The second-order valence-electron chi connectivity index (χ2n) is 5.86. The van der Waals surface area contributed by atoms with Gasteiger partial charge in [-0.25, -0.2) is 9.97 Å². The molecular weight excluding hydrogens is 222 g/mol. The summed E-state index contributed by atoms with van der Waals surface area (Å²) in [5, 5.41) is 0. The van der Waals surface area contributed by atoms with E-state index in [4.69, 9.17) is 4.98 Å². The van der Waals surface area contributed by atoms with Crippen molar-refractivity contribution in [2.75, 3.05) is 0 Å². The third-order valence-corrected chi connectivity index (χ3v) is 3.34. The van der Waals surface area contributed by atoms with Crippen molar-refractivity contribution in [2.45, 2.75) is 59.4 Å². The lowest BCUT2D eigenvalue weighted by molar-refractivity contribution is 0.614. The quantitative estimate of drug-likeness (QED) is 0.809. The molecule has 0 amide bonds. The summed E-state index contributed by atoms with van der Waals surface area (Å²) in [4.78, 5) is 9.44. The maximum atomic E-state index is 4.82. The fourth-order valence-corrected chi connectivity index (χ4v) is 2.15. The average Bonchev–Trinajstić information content (AvgIpc) is 2.67. The largest absolute Gasteiger partial charge is 0.328 e. The Morgan fingerprint density at radius 2 is 1.67 bits per heavy atom. The van der Waals surface area contributed by atoms with Gasteiger partial charge in [0.15, 0.2) is 5.65 Å². The van der Waals surface area contributed by atoms with Gasteiger partial charge in [0, 0.05) is 17.8 Å². The molecule has 0 saturated carbocycles. The van der Waals surface area contributed by atoms with E-state index in [0.29, 0.717) is 17.9 Å². The molecule has 0 bridgehead atoms. The topological polar surface area (TPSA) is 30.7 Å². The van der Waals surface area contributed by atoms with Gasteiger partial charge in [-0.2, -0.15) is 0 Å². The van der Waals surface area contributed by atoms with Gasteiger partial charge in [-0.05, 0) is 25.7 Å². The monoisotopic (exact) mass is 245 g/mol. The Morgan fingerprint density at radius 1 is 1.00 bits per heavy atom. The van der Waals surface area contributed by atoms with E-state index in [9.17, 15) is 0 Å². The van der Waals surface area contributed by atoms with Gasteiger partial charge >= 0.3 is 0 Å². The molecule has 0 fully saturated rings. The van der Waals surface area contributed by atoms with Crippen molar-refractivity contribution in [3.8, 4) is 0 Å². The van der Waals surface area contributed by atoms with Crippen LogP contribution in [0.4, 0.5) is 0 Å². The van der Waals surface area contributed by atoms with Crippen LogP contribution >= 0.6 is 0 Å². The molecule has 0 radical (unpaired) electrons. The lowest BCUT2D eigenvalue weighted by atomic mass is 10.1. The first-order valence-corrected chi connectivity index (χ1v) is 6.79. The summed E-state index contributed by atoms with van der Waals surface area (Å²) in [6, 6.07) is 0.416. The molecule has 0 aliphatic carbocycles. The highest BCUT2D eigenvalue weighted by Crippen LogP contribution is 2.28. The first-order valence-electron chi connectivity index (χ1n) is 6.79. The molecule has 0 saturated heterocycles. The van der Waals surface area contributed by atoms with Crippen LogP contribution < -0.4 is 0 Å². The fraction of sp³-hybridized carbons (Fsp3) is 0.600. The summed E-state index contributed by atoms with van der Waals surface area (Å²) in [7, 11) is 0. The van der Waals surface area contributed by atoms with E-state index in [1.165, 1.54) is 5.56 Å². The highest BCUT2D eigenvalue weighted by Gasteiger charge is 2.16. The van der Waals surface area contributed by atoms with Crippen molar-refractivity contribution in [1.82, 2.24) is 14.5 Å². The molecule has 0 aromatic carbocycles. The molecule has 3 heteroatoms. The van der Waals surface area contributed by atoms with Crippen LogP contribution in [0, 0.1) is 0 Å². The Balaban J connectivity index is 2.71. The van der Waals surface area contributed by atoms with Gasteiger partial charge < -0.3 is 4.57 Å². The van der Waals surface area contributed by atoms with Crippen LogP contribution in [-0.2, 0) is 0 Å². The lowest BCUT2D eigenvalue weighted by Gasteiger charge is -2.08. The first kappa shape index (κ1) is 13.1. The van der Waals surface area contributed by atoms with Gasteiger partial charge in [-0.1, -0.05) is 27.7 Å². The predicted molar refractivity (Wildman–Crippen MR) is 76.1 cm³/mol. The third-order valence-electron chi connectivity index (χ3n) is 3.34. The van der Waals surface area contributed by atoms with Crippen molar-refractivity contribution in [1.29, 1.82) is 0 Å². The maximum Gasteiger partial charge on any atom is 0.159 e. The van der Waals surface area contributed by atoms with Gasteiger partial charge in [-0.15, -0.1) is 0 Å². The zero-order valence-corrected chi connectivity index (χ0v) is 12.2. The molecule has 18 heavy (non-hydrogen) atoms. The fourth-order valence-electron chi connectivity index (χ4n) is 2.15. The number of hydrogen-bond acceptors (Lipinski definition) is 2. The molecule has 2 aromatic heterocycles. The number of rotatable bonds is 3. The molecule has 2 rings (SSSR count). The number of fused-ring (bicyclic) bond motifs is 1. The number of hydrogen-bond donors (Lipinski definition) is 0. The Morgan fingerprint density at radius 3 is 2.17 bits per heavy atom. The SMILES string of the molecule is CC(C)c1cnc2c(n1)c(C(C)C)cn2C(C)C. The summed E-state index contributed by atoms with van der Waals surface area (Å²) >= 11 is 0. The molecule has 0 N–H and O–H groups in total. The molecule has 98 valence electrons. The van der Waals surface area contributed by atoms with E-state index in [-0.39, 0.29) is 0 Å². The second-order valence-corrected chi connectivity index (χ2v) is 5.86. The van der Waals surface area contributed by atoms with Crippen LogP contribution in [0.15, 0.2) is 12.4 Å². The van der Waals surface area contributed by atoms with E-state index in [2.05, 4.69) is 57.3 Å². The second kappa shape index (κ2) is 4.71. The van der Waals surface area contributed by atoms with Gasteiger partial charge in [0.1, 0.15) is 5.52 Å². The summed E-state index contributed by atoms with van der Waals surface area (Å²) in [5.41, 5.74) is 4.46. The molecule has 0 aliphatic rings. The minimum atomic E-state index is 0.416. The van der Waals surface area contributed by atoms with Gasteiger partial charge in [0.2, 0.25) is 0 Å². The van der Waals surface area contributed by atoms with Crippen molar-refractivity contribution in [3.05, 3.63) is 23.7 Å². The molecule has 2 aromatic rings.